The Hall–Kier alpha value is -3.55. The van der Waals surface area contributed by atoms with Crippen LogP contribution in [0.2, 0.25) is 0 Å². The number of carbonyl (C=O) groups excluding carboxylic acids is 3. The zero-order valence-electron chi connectivity index (χ0n) is 18.2. The van der Waals surface area contributed by atoms with Gasteiger partial charge in [0.1, 0.15) is 18.1 Å². The third-order valence-electron chi connectivity index (χ3n) is 5.82. The number of methoxy groups -OCH3 is 1. The van der Waals surface area contributed by atoms with Crippen molar-refractivity contribution in [1.29, 1.82) is 0 Å². The predicted molar refractivity (Wildman–Crippen MR) is 119 cm³/mol. The fourth-order valence-electron chi connectivity index (χ4n) is 4.03. The van der Waals surface area contributed by atoms with E-state index in [0.717, 1.165) is 5.69 Å². The molecule has 0 spiro atoms. The van der Waals surface area contributed by atoms with Gasteiger partial charge in [-0.1, -0.05) is 18.2 Å². The molecular weight excluding hydrogens is 410 g/mol. The first kappa shape index (κ1) is 21.7. The van der Waals surface area contributed by atoms with E-state index in [0.29, 0.717) is 56.4 Å². The molecule has 2 aromatic rings. The van der Waals surface area contributed by atoms with E-state index < -0.39 is 0 Å². The Balaban J connectivity index is 1.27. The van der Waals surface area contributed by atoms with Crippen LogP contribution in [0.15, 0.2) is 48.5 Å². The summed E-state index contributed by atoms with van der Waals surface area (Å²) in [6, 6.07) is 14.5. The van der Waals surface area contributed by atoms with Crippen molar-refractivity contribution in [1.82, 2.24) is 9.80 Å². The molecule has 0 atom stereocenters. The zero-order valence-corrected chi connectivity index (χ0v) is 18.2. The smallest absolute Gasteiger partial charge is 0.254 e. The zero-order chi connectivity index (χ0) is 22.5. The molecule has 32 heavy (non-hydrogen) atoms. The number of ether oxygens (including phenoxy) is 2. The summed E-state index contributed by atoms with van der Waals surface area (Å²) < 4.78 is 10.8. The van der Waals surface area contributed by atoms with E-state index in [-0.39, 0.29) is 30.6 Å². The quantitative estimate of drug-likeness (QED) is 0.717. The molecule has 1 saturated heterocycles. The van der Waals surface area contributed by atoms with Crippen molar-refractivity contribution < 1.29 is 23.9 Å². The first-order chi connectivity index (χ1) is 15.6. The normalized spacial score (nSPS) is 15.6. The fraction of sp³-hybridized carbons (Fsp3) is 0.375. The van der Waals surface area contributed by atoms with Crippen LogP contribution in [0.25, 0.3) is 0 Å². The van der Waals surface area contributed by atoms with E-state index in [9.17, 15) is 14.4 Å². The molecule has 2 heterocycles. The molecule has 2 aliphatic rings. The second kappa shape index (κ2) is 9.72. The molecule has 0 N–H and O–H groups in total. The summed E-state index contributed by atoms with van der Waals surface area (Å²) in [5, 5.41) is 0. The molecule has 0 unspecified atom stereocenters. The number of hydrogen-bond acceptors (Lipinski definition) is 5. The lowest BCUT2D eigenvalue weighted by Gasteiger charge is -2.35. The van der Waals surface area contributed by atoms with Crippen LogP contribution in [0.3, 0.4) is 0 Å². The minimum absolute atomic E-state index is 0.0617. The number of hydrogen-bond donors (Lipinski definition) is 0. The molecule has 2 aliphatic heterocycles. The van der Waals surface area contributed by atoms with Gasteiger partial charge >= 0.3 is 0 Å². The molecule has 0 bridgehead atoms. The van der Waals surface area contributed by atoms with Crippen molar-refractivity contribution in [2.24, 2.45) is 0 Å². The first-order valence-electron chi connectivity index (χ1n) is 10.8. The van der Waals surface area contributed by atoms with Crippen LogP contribution in [0.5, 0.6) is 11.5 Å². The van der Waals surface area contributed by atoms with Gasteiger partial charge in [-0.25, -0.2) is 0 Å². The SMILES string of the molecule is COc1cccc(C(=O)N2CCN(C(=O)CCC(=O)N3CCOc4ccccc43)CC2)c1. The number of piperazine rings is 1. The monoisotopic (exact) mass is 437 g/mol. The van der Waals surface area contributed by atoms with Gasteiger partial charge in [-0.15, -0.1) is 0 Å². The largest absolute Gasteiger partial charge is 0.497 e. The molecule has 3 amide bonds. The molecule has 0 aliphatic carbocycles. The molecule has 1 fully saturated rings. The van der Waals surface area contributed by atoms with Gasteiger partial charge in [0.2, 0.25) is 11.8 Å². The molecule has 4 rings (SSSR count). The Morgan fingerprint density at radius 1 is 0.875 bits per heavy atom. The van der Waals surface area contributed by atoms with Gasteiger partial charge in [-0.2, -0.15) is 0 Å². The Morgan fingerprint density at radius 3 is 2.38 bits per heavy atom. The highest BCUT2D eigenvalue weighted by Gasteiger charge is 2.27. The van der Waals surface area contributed by atoms with Crippen molar-refractivity contribution in [3.05, 3.63) is 54.1 Å². The lowest BCUT2D eigenvalue weighted by Crippen LogP contribution is -2.50. The number of para-hydroxylation sites is 2. The van der Waals surface area contributed by atoms with Crippen LogP contribution < -0.4 is 14.4 Å². The fourth-order valence-corrected chi connectivity index (χ4v) is 4.03. The number of benzene rings is 2. The van der Waals surface area contributed by atoms with Gasteiger partial charge in [0.15, 0.2) is 0 Å². The number of amides is 3. The predicted octanol–water partition coefficient (Wildman–Crippen LogP) is 2.19. The molecule has 0 radical (unpaired) electrons. The van der Waals surface area contributed by atoms with Crippen molar-refractivity contribution in [2.45, 2.75) is 12.8 Å². The summed E-state index contributed by atoms with van der Waals surface area (Å²) in [5.74, 6) is 1.11. The topological polar surface area (TPSA) is 79.4 Å². The Kier molecular flexibility index (Phi) is 6.58. The third-order valence-corrected chi connectivity index (χ3v) is 5.82. The van der Waals surface area contributed by atoms with Gasteiger partial charge < -0.3 is 24.2 Å². The van der Waals surface area contributed by atoms with E-state index >= 15 is 0 Å². The minimum Gasteiger partial charge on any atom is -0.497 e. The molecule has 2 aromatic carbocycles. The lowest BCUT2D eigenvalue weighted by atomic mass is 10.1. The van der Waals surface area contributed by atoms with E-state index in [1.165, 1.54) is 0 Å². The van der Waals surface area contributed by atoms with Gasteiger partial charge in [-0.05, 0) is 30.3 Å². The minimum atomic E-state index is -0.0825. The summed E-state index contributed by atoms with van der Waals surface area (Å²) >= 11 is 0. The lowest BCUT2D eigenvalue weighted by molar-refractivity contribution is -0.134. The maximum atomic E-state index is 12.7. The number of carbonyl (C=O) groups is 3. The van der Waals surface area contributed by atoms with Crippen LogP contribution in [-0.4, -0.2) is 74.0 Å². The van der Waals surface area contributed by atoms with Crippen LogP contribution in [0.4, 0.5) is 5.69 Å². The first-order valence-corrected chi connectivity index (χ1v) is 10.8. The number of anilines is 1. The summed E-state index contributed by atoms with van der Waals surface area (Å²) in [7, 11) is 1.57. The Labute approximate surface area is 187 Å². The van der Waals surface area contributed by atoms with Gasteiger partial charge in [0.05, 0.1) is 19.3 Å². The van der Waals surface area contributed by atoms with Crippen molar-refractivity contribution in [3.8, 4) is 11.5 Å². The average molecular weight is 437 g/mol. The molecular formula is C24H27N3O5. The molecule has 0 saturated carbocycles. The van der Waals surface area contributed by atoms with Crippen molar-refractivity contribution in [3.63, 3.8) is 0 Å². The van der Waals surface area contributed by atoms with Gasteiger partial charge in [-0.3, -0.25) is 14.4 Å². The number of nitrogens with zero attached hydrogens (tertiary/aromatic N) is 3. The highest BCUT2D eigenvalue weighted by molar-refractivity contribution is 5.97. The standard InChI is InChI=1S/C24H27N3O5/c1-31-19-6-4-5-18(17-19)24(30)26-13-11-25(12-14-26)22(28)9-10-23(29)27-15-16-32-21-8-3-2-7-20(21)27/h2-8,17H,9-16H2,1H3. The Bertz CT molecular complexity index is 1000. The van der Waals surface area contributed by atoms with E-state index in [2.05, 4.69) is 0 Å². The summed E-state index contributed by atoms with van der Waals surface area (Å²) in [5.41, 5.74) is 1.32. The van der Waals surface area contributed by atoms with Crippen molar-refractivity contribution >= 4 is 23.4 Å². The van der Waals surface area contributed by atoms with Crippen LogP contribution >= 0.6 is 0 Å². The average Bonchev–Trinajstić information content (AvgIpc) is 2.86. The number of rotatable bonds is 5. The van der Waals surface area contributed by atoms with E-state index in [1.807, 2.05) is 24.3 Å². The highest BCUT2D eigenvalue weighted by Crippen LogP contribution is 2.31. The maximum absolute atomic E-state index is 12.7. The van der Waals surface area contributed by atoms with E-state index in [4.69, 9.17) is 9.47 Å². The van der Waals surface area contributed by atoms with Crippen LogP contribution in [0.1, 0.15) is 23.2 Å². The third kappa shape index (κ3) is 4.69. The second-order valence-electron chi connectivity index (χ2n) is 7.77. The molecule has 8 heteroatoms. The molecule has 0 aromatic heterocycles. The Morgan fingerprint density at radius 2 is 1.59 bits per heavy atom. The van der Waals surface area contributed by atoms with E-state index in [1.54, 1.807) is 46.1 Å². The van der Waals surface area contributed by atoms with Crippen LogP contribution in [0, 0.1) is 0 Å². The van der Waals surface area contributed by atoms with Gasteiger partial charge in [0, 0.05) is 44.6 Å². The van der Waals surface area contributed by atoms with Crippen molar-refractivity contribution in [2.75, 3.05) is 51.3 Å². The summed E-state index contributed by atoms with van der Waals surface area (Å²) in [6.45, 7) is 2.78. The van der Waals surface area contributed by atoms with Crippen LogP contribution in [-0.2, 0) is 9.59 Å². The molecule has 8 nitrogen and oxygen atoms in total. The maximum Gasteiger partial charge on any atom is 0.254 e. The summed E-state index contributed by atoms with van der Waals surface area (Å²) in [6.07, 6.45) is 0.304. The number of fused-ring (bicyclic) bond motifs is 1. The second-order valence-corrected chi connectivity index (χ2v) is 7.77. The highest BCUT2D eigenvalue weighted by atomic mass is 16.5. The van der Waals surface area contributed by atoms with Gasteiger partial charge in [0.25, 0.3) is 5.91 Å². The summed E-state index contributed by atoms with van der Waals surface area (Å²) in [4.78, 5) is 43.3. The molecule has 168 valence electrons.